The molecule has 4 rings (SSSR count). The number of halogens is 1. The number of nitrogens with zero attached hydrogens (tertiary/aromatic N) is 3. The lowest BCUT2D eigenvalue weighted by Crippen LogP contribution is -2.27. The van der Waals surface area contributed by atoms with Crippen LogP contribution in [0.1, 0.15) is 43.6 Å². The molecule has 3 N–H and O–H groups in total. The zero-order valence-electron chi connectivity index (χ0n) is 18.2. The number of amides is 1. The van der Waals surface area contributed by atoms with Crippen LogP contribution in [0.3, 0.4) is 0 Å². The number of imidazole rings is 1. The molecular formula is C23H24FN5O3. The van der Waals surface area contributed by atoms with E-state index in [0.717, 1.165) is 0 Å². The van der Waals surface area contributed by atoms with Gasteiger partial charge in [0, 0.05) is 18.2 Å². The minimum absolute atomic E-state index is 0.166. The summed E-state index contributed by atoms with van der Waals surface area (Å²) < 4.78 is 16.6. The molecular weight excluding hydrogens is 413 g/mol. The molecule has 166 valence electrons. The van der Waals surface area contributed by atoms with Crippen molar-refractivity contribution < 1.29 is 19.1 Å². The fraction of sp³-hybridized carbons (Fsp3) is 0.304. The van der Waals surface area contributed by atoms with Gasteiger partial charge < -0.3 is 15.0 Å². The largest absolute Gasteiger partial charge is 0.481 e. The highest BCUT2D eigenvalue weighted by atomic mass is 19.1. The van der Waals surface area contributed by atoms with Gasteiger partial charge in [-0.3, -0.25) is 14.7 Å². The van der Waals surface area contributed by atoms with Crippen LogP contribution in [0.2, 0.25) is 0 Å². The van der Waals surface area contributed by atoms with Crippen LogP contribution in [-0.4, -0.2) is 43.8 Å². The summed E-state index contributed by atoms with van der Waals surface area (Å²) >= 11 is 0. The second-order valence-electron chi connectivity index (χ2n) is 8.86. The molecule has 9 heteroatoms. The van der Waals surface area contributed by atoms with Crippen molar-refractivity contribution in [3.8, 4) is 11.4 Å². The number of aromatic nitrogens is 4. The van der Waals surface area contributed by atoms with Crippen LogP contribution in [0.4, 0.5) is 4.39 Å². The van der Waals surface area contributed by atoms with Gasteiger partial charge in [0.05, 0.1) is 40.6 Å². The number of aliphatic carboxylic acids is 1. The molecule has 0 radical (unpaired) electrons. The summed E-state index contributed by atoms with van der Waals surface area (Å²) in [6.07, 6.45) is 1.25. The standard InChI is InChI=1S/C23H24FN5O3/c1-23(2,3)19(10-20(30)31)29-18-9-12(22(32)25-4)5-6-16(18)27-21(29)13-7-15(24)14-11-26-28-17(14)8-13/h5-9,11,19H,10H2,1-4H3,(H,25,32)(H,26,28)(H,30,31)/t19-/m0/s1. The van der Waals surface area contributed by atoms with Crippen LogP contribution in [0, 0.1) is 11.2 Å². The maximum atomic E-state index is 14.8. The number of aromatic amines is 1. The molecule has 2 aromatic carbocycles. The first kappa shape index (κ1) is 21.5. The van der Waals surface area contributed by atoms with E-state index in [1.807, 2.05) is 25.3 Å². The molecule has 8 nitrogen and oxygen atoms in total. The maximum Gasteiger partial charge on any atom is 0.305 e. The lowest BCUT2D eigenvalue weighted by molar-refractivity contribution is -0.138. The summed E-state index contributed by atoms with van der Waals surface area (Å²) in [7, 11) is 1.54. The van der Waals surface area contributed by atoms with E-state index in [0.29, 0.717) is 38.9 Å². The Kier molecular flexibility index (Phi) is 5.20. The fourth-order valence-electron chi connectivity index (χ4n) is 3.98. The monoisotopic (exact) mass is 437 g/mol. The van der Waals surface area contributed by atoms with E-state index in [-0.39, 0.29) is 12.3 Å². The number of nitrogens with one attached hydrogen (secondary N) is 2. The number of fused-ring (bicyclic) bond motifs is 2. The minimum atomic E-state index is -0.963. The van der Waals surface area contributed by atoms with Gasteiger partial charge in [-0.25, -0.2) is 9.37 Å². The third-order valence-corrected chi connectivity index (χ3v) is 5.62. The van der Waals surface area contributed by atoms with Crippen LogP contribution in [-0.2, 0) is 4.79 Å². The molecule has 0 aliphatic carbocycles. The highest BCUT2D eigenvalue weighted by molar-refractivity contribution is 5.98. The SMILES string of the molecule is CNC(=O)c1ccc2nc(-c3cc(F)c4cn[nH]c4c3)n([C@@H](CC(=O)O)C(C)(C)C)c2c1. The molecule has 1 amide bonds. The van der Waals surface area contributed by atoms with Gasteiger partial charge in [0.25, 0.3) is 5.91 Å². The van der Waals surface area contributed by atoms with Crippen LogP contribution in [0.25, 0.3) is 33.3 Å². The number of hydrogen-bond donors (Lipinski definition) is 3. The highest BCUT2D eigenvalue weighted by Gasteiger charge is 2.32. The summed E-state index contributed by atoms with van der Waals surface area (Å²) in [5.41, 5.74) is 2.13. The van der Waals surface area contributed by atoms with Crippen molar-refractivity contribution in [1.82, 2.24) is 25.1 Å². The fourth-order valence-corrected chi connectivity index (χ4v) is 3.98. The maximum absolute atomic E-state index is 14.8. The van der Waals surface area contributed by atoms with Crippen LogP contribution in [0.5, 0.6) is 0 Å². The van der Waals surface area contributed by atoms with Gasteiger partial charge in [-0.1, -0.05) is 20.8 Å². The van der Waals surface area contributed by atoms with Crippen molar-refractivity contribution in [2.75, 3.05) is 7.05 Å². The second kappa shape index (κ2) is 7.74. The number of rotatable bonds is 5. The Bertz CT molecular complexity index is 1350. The first-order valence-corrected chi connectivity index (χ1v) is 10.2. The van der Waals surface area contributed by atoms with Crippen molar-refractivity contribution in [3.05, 3.63) is 47.9 Å². The average molecular weight is 437 g/mol. The van der Waals surface area contributed by atoms with Crippen molar-refractivity contribution >= 4 is 33.8 Å². The minimum Gasteiger partial charge on any atom is -0.481 e. The first-order valence-electron chi connectivity index (χ1n) is 10.2. The molecule has 0 unspecified atom stereocenters. The number of carbonyl (C=O) groups excluding carboxylic acids is 1. The van der Waals surface area contributed by atoms with Gasteiger partial charge in [-0.2, -0.15) is 5.10 Å². The van der Waals surface area contributed by atoms with Crippen LogP contribution in [0.15, 0.2) is 36.5 Å². The van der Waals surface area contributed by atoms with E-state index < -0.39 is 23.2 Å². The van der Waals surface area contributed by atoms with Gasteiger partial charge >= 0.3 is 5.97 Å². The Morgan fingerprint density at radius 3 is 2.66 bits per heavy atom. The molecule has 4 aromatic rings. The molecule has 2 heterocycles. The molecule has 32 heavy (non-hydrogen) atoms. The Labute approximate surface area is 183 Å². The lowest BCUT2D eigenvalue weighted by atomic mass is 9.84. The first-order chi connectivity index (χ1) is 15.1. The van der Waals surface area contributed by atoms with Crippen LogP contribution >= 0.6 is 0 Å². The van der Waals surface area contributed by atoms with E-state index in [2.05, 4.69) is 15.5 Å². The summed E-state index contributed by atoms with van der Waals surface area (Å²) in [6, 6.07) is 7.66. The van der Waals surface area contributed by atoms with Crippen molar-refractivity contribution in [2.45, 2.75) is 33.2 Å². The number of carbonyl (C=O) groups is 2. The van der Waals surface area contributed by atoms with E-state index in [1.54, 1.807) is 31.3 Å². The molecule has 0 saturated heterocycles. The second-order valence-corrected chi connectivity index (χ2v) is 8.86. The topological polar surface area (TPSA) is 113 Å². The van der Waals surface area contributed by atoms with Crippen molar-refractivity contribution in [2.24, 2.45) is 5.41 Å². The van der Waals surface area contributed by atoms with E-state index in [9.17, 15) is 19.1 Å². The lowest BCUT2D eigenvalue weighted by Gasteiger charge is -2.32. The van der Waals surface area contributed by atoms with Crippen molar-refractivity contribution in [3.63, 3.8) is 0 Å². The number of carboxylic acids is 1. The quantitative estimate of drug-likeness (QED) is 0.434. The Hall–Kier alpha value is -3.75. The third kappa shape index (κ3) is 3.70. The van der Waals surface area contributed by atoms with E-state index in [4.69, 9.17) is 4.98 Å². The molecule has 0 spiro atoms. The summed E-state index contributed by atoms with van der Waals surface area (Å²) in [5.74, 6) is -1.26. The van der Waals surface area contributed by atoms with Crippen molar-refractivity contribution in [1.29, 1.82) is 0 Å². The Morgan fingerprint density at radius 2 is 2.00 bits per heavy atom. The van der Waals surface area contributed by atoms with Gasteiger partial charge in [0.2, 0.25) is 0 Å². The molecule has 1 atom stereocenters. The molecule has 0 aliphatic rings. The zero-order chi connectivity index (χ0) is 23.2. The predicted molar refractivity (Wildman–Crippen MR) is 119 cm³/mol. The van der Waals surface area contributed by atoms with Crippen LogP contribution < -0.4 is 5.32 Å². The molecule has 0 saturated carbocycles. The predicted octanol–water partition coefficient (Wildman–Crippen LogP) is 4.14. The molecule has 0 bridgehead atoms. The van der Waals surface area contributed by atoms with Gasteiger partial charge in [-0.15, -0.1) is 0 Å². The molecule has 2 aromatic heterocycles. The summed E-state index contributed by atoms with van der Waals surface area (Å²) in [4.78, 5) is 28.8. The normalized spacial score (nSPS) is 12.9. The number of carboxylic acid groups (broad SMARTS) is 1. The highest BCUT2D eigenvalue weighted by Crippen LogP contribution is 2.40. The molecule has 0 aliphatic heterocycles. The van der Waals surface area contributed by atoms with Gasteiger partial charge in [0.15, 0.2) is 0 Å². The summed E-state index contributed by atoms with van der Waals surface area (Å²) in [6.45, 7) is 5.83. The Balaban J connectivity index is 2.05. The summed E-state index contributed by atoms with van der Waals surface area (Å²) in [5, 5.41) is 19.3. The number of benzene rings is 2. The average Bonchev–Trinajstić information content (AvgIpc) is 3.34. The Morgan fingerprint density at radius 1 is 1.25 bits per heavy atom. The number of H-pyrrole nitrogens is 1. The number of hydrogen-bond acceptors (Lipinski definition) is 4. The molecule has 0 fully saturated rings. The zero-order valence-corrected chi connectivity index (χ0v) is 18.2. The van der Waals surface area contributed by atoms with E-state index in [1.165, 1.54) is 12.3 Å². The smallest absolute Gasteiger partial charge is 0.305 e. The van der Waals surface area contributed by atoms with Gasteiger partial charge in [-0.05, 0) is 35.7 Å². The van der Waals surface area contributed by atoms with Gasteiger partial charge in [0.1, 0.15) is 11.6 Å². The van der Waals surface area contributed by atoms with E-state index >= 15 is 0 Å². The third-order valence-electron chi connectivity index (χ3n) is 5.62.